The second kappa shape index (κ2) is 11.5. The monoisotopic (exact) mass is 341 g/mol. The Bertz CT molecular complexity index is 381. The van der Waals surface area contributed by atoms with Crippen LogP contribution in [0.2, 0.25) is 0 Å². The summed E-state index contributed by atoms with van der Waals surface area (Å²) >= 11 is 6.19. The Kier molecular flexibility index (Phi) is 10.4. The zero-order valence-corrected chi connectivity index (χ0v) is 16.6. The first-order valence-electron chi connectivity index (χ1n) is 9.19. The molecule has 0 heterocycles. The number of benzene rings is 1. The summed E-state index contributed by atoms with van der Waals surface area (Å²) in [5.74, 6) is 0.658. The lowest BCUT2D eigenvalue weighted by atomic mass is 10.1. The molecule has 0 radical (unpaired) electrons. The maximum atomic E-state index is 6.19. The van der Waals surface area contributed by atoms with Crippen molar-refractivity contribution in [3.63, 3.8) is 0 Å². The van der Waals surface area contributed by atoms with Gasteiger partial charge in [-0.3, -0.25) is 0 Å². The predicted octanol–water partition coefficient (Wildman–Crippen LogP) is 7.34. The summed E-state index contributed by atoms with van der Waals surface area (Å²) < 4.78 is 0. The van der Waals surface area contributed by atoms with Gasteiger partial charge in [-0.25, -0.2) is 0 Å². The second-order valence-electron chi connectivity index (χ2n) is 6.63. The fourth-order valence-corrected chi connectivity index (χ4v) is 8.65. The van der Waals surface area contributed by atoms with Crippen molar-refractivity contribution in [3.8, 4) is 0 Å². The predicted molar refractivity (Wildman–Crippen MR) is 106 cm³/mol. The van der Waals surface area contributed by atoms with Gasteiger partial charge in [-0.2, -0.15) is 0 Å². The first-order chi connectivity index (χ1) is 10.7. The summed E-state index contributed by atoms with van der Waals surface area (Å²) in [5, 5.41) is 0. The molecule has 0 unspecified atom stereocenters. The highest BCUT2D eigenvalue weighted by Gasteiger charge is 2.36. The van der Waals surface area contributed by atoms with Crippen LogP contribution in [-0.4, -0.2) is 18.5 Å². The van der Waals surface area contributed by atoms with Crippen molar-refractivity contribution >= 4 is 18.9 Å². The van der Waals surface area contributed by atoms with Crippen LogP contribution >= 0.6 is 18.9 Å². The fraction of sp³-hybridized carbons (Fsp3) is 0.700. The lowest BCUT2D eigenvalue weighted by molar-refractivity contribution is 0.831. The molecule has 0 aliphatic carbocycles. The van der Waals surface area contributed by atoms with Gasteiger partial charge in [0, 0.05) is 13.1 Å². The molecule has 1 rings (SSSR count). The van der Waals surface area contributed by atoms with E-state index >= 15 is 0 Å². The van der Waals surface area contributed by atoms with Crippen molar-refractivity contribution in [2.75, 3.05) is 18.5 Å². The molecule has 1 aromatic carbocycles. The van der Waals surface area contributed by atoms with E-state index < -0.39 is 7.26 Å². The SMILES string of the molecule is CCCC[P+](CCCC)(CCCC)Cc1ccccc1CCl. The zero-order chi connectivity index (χ0) is 16.3. The molecule has 1 aromatic rings. The molecule has 0 saturated heterocycles. The smallest absolute Gasteiger partial charge is 0.0846 e. The minimum atomic E-state index is -0.866. The molecule has 0 fully saturated rings. The molecule has 0 bridgehead atoms. The van der Waals surface area contributed by atoms with Gasteiger partial charge in [-0.15, -0.1) is 11.6 Å². The summed E-state index contributed by atoms with van der Waals surface area (Å²) in [6.45, 7) is 7.00. The maximum Gasteiger partial charge on any atom is 0.0846 e. The number of hydrogen-bond donors (Lipinski definition) is 0. The van der Waals surface area contributed by atoms with Crippen LogP contribution < -0.4 is 0 Å². The molecule has 126 valence electrons. The normalized spacial score (nSPS) is 11.8. The van der Waals surface area contributed by atoms with Crippen molar-refractivity contribution in [2.24, 2.45) is 0 Å². The van der Waals surface area contributed by atoms with Crippen LogP contribution in [-0.2, 0) is 12.0 Å². The van der Waals surface area contributed by atoms with Gasteiger partial charge in [0.15, 0.2) is 0 Å². The minimum absolute atomic E-state index is 0.658. The van der Waals surface area contributed by atoms with Crippen molar-refractivity contribution in [2.45, 2.75) is 71.3 Å². The number of hydrogen-bond acceptors (Lipinski definition) is 0. The van der Waals surface area contributed by atoms with E-state index in [1.807, 2.05) is 0 Å². The molecule has 0 N–H and O–H groups in total. The van der Waals surface area contributed by atoms with Crippen LogP contribution in [0, 0.1) is 0 Å². The molecular formula is C20H35ClP+. The summed E-state index contributed by atoms with van der Waals surface area (Å²) in [6.07, 6.45) is 14.0. The summed E-state index contributed by atoms with van der Waals surface area (Å²) in [4.78, 5) is 0. The van der Waals surface area contributed by atoms with Gasteiger partial charge >= 0.3 is 0 Å². The van der Waals surface area contributed by atoms with Crippen molar-refractivity contribution < 1.29 is 0 Å². The molecule has 0 aliphatic rings. The Balaban J connectivity index is 2.97. The van der Waals surface area contributed by atoms with Crippen LogP contribution in [0.3, 0.4) is 0 Å². The van der Waals surface area contributed by atoms with Gasteiger partial charge < -0.3 is 0 Å². The van der Waals surface area contributed by atoms with Gasteiger partial charge in [0.25, 0.3) is 0 Å². The lowest BCUT2D eigenvalue weighted by Gasteiger charge is -2.29. The van der Waals surface area contributed by atoms with E-state index in [2.05, 4.69) is 45.0 Å². The summed E-state index contributed by atoms with van der Waals surface area (Å²) in [5.41, 5.74) is 2.90. The maximum absolute atomic E-state index is 6.19. The first kappa shape index (κ1) is 20.0. The minimum Gasteiger partial charge on any atom is -0.122 e. The topological polar surface area (TPSA) is 0 Å². The van der Waals surface area contributed by atoms with Crippen molar-refractivity contribution in [1.82, 2.24) is 0 Å². The van der Waals surface area contributed by atoms with Crippen molar-refractivity contribution in [3.05, 3.63) is 35.4 Å². The molecule has 0 aromatic heterocycles. The molecule has 22 heavy (non-hydrogen) atoms. The van der Waals surface area contributed by atoms with E-state index in [-0.39, 0.29) is 0 Å². The fourth-order valence-electron chi connectivity index (χ4n) is 3.26. The number of unbranched alkanes of at least 4 members (excludes halogenated alkanes) is 3. The molecule has 0 spiro atoms. The molecule has 0 atom stereocenters. The van der Waals surface area contributed by atoms with Crippen LogP contribution in [0.1, 0.15) is 70.4 Å². The van der Waals surface area contributed by atoms with E-state index in [4.69, 9.17) is 11.6 Å². The third-order valence-electron chi connectivity index (χ3n) is 4.73. The van der Waals surface area contributed by atoms with Gasteiger partial charge in [0.05, 0.1) is 24.6 Å². The highest BCUT2D eigenvalue weighted by molar-refractivity contribution is 7.75. The molecule has 0 saturated carbocycles. The average molecular weight is 342 g/mol. The number of alkyl halides is 1. The van der Waals surface area contributed by atoms with Crippen molar-refractivity contribution in [1.29, 1.82) is 0 Å². The molecule has 0 nitrogen and oxygen atoms in total. The first-order valence-corrected chi connectivity index (χ1v) is 12.3. The van der Waals surface area contributed by atoms with Gasteiger partial charge in [0.1, 0.15) is 0 Å². The zero-order valence-electron chi connectivity index (χ0n) is 14.9. The highest BCUT2D eigenvalue weighted by Crippen LogP contribution is 2.63. The average Bonchev–Trinajstić information content (AvgIpc) is 2.56. The Morgan fingerprint density at radius 3 is 1.64 bits per heavy atom. The van der Waals surface area contributed by atoms with Gasteiger partial charge in [-0.05, 0) is 30.4 Å². The van der Waals surface area contributed by atoms with E-state index in [0.717, 1.165) is 0 Å². The van der Waals surface area contributed by atoms with Gasteiger partial charge in [0.2, 0.25) is 0 Å². The Morgan fingerprint density at radius 1 is 0.773 bits per heavy atom. The van der Waals surface area contributed by atoms with Crippen LogP contribution in [0.4, 0.5) is 0 Å². The third kappa shape index (κ3) is 6.59. The van der Waals surface area contributed by atoms with Crippen LogP contribution in [0.25, 0.3) is 0 Å². The van der Waals surface area contributed by atoms with E-state index in [1.165, 1.54) is 74.3 Å². The Morgan fingerprint density at radius 2 is 1.23 bits per heavy atom. The number of rotatable bonds is 12. The lowest BCUT2D eigenvalue weighted by Crippen LogP contribution is -2.12. The Labute approximate surface area is 144 Å². The van der Waals surface area contributed by atoms with Gasteiger partial charge in [-0.1, -0.05) is 64.3 Å². The standard InChI is InChI=1S/C20H35ClP/c1-4-7-14-22(15-8-5-2,16-9-6-3)18-20-13-11-10-12-19(20)17-21/h10-13H,4-9,14-18H2,1-3H3/q+1. The van der Waals surface area contributed by atoms with E-state index in [0.29, 0.717) is 5.88 Å². The largest absolute Gasteiger partial charge is 0.122 e. The van der Waals surface area contributed by atoms with Crippen LogP contribution in [0.5, 0.6) is 0 Å². The summed E-state index contributed by atoms with van der Waals surface area (Å²) in [6, 6.07) is 8.87. The molecule has 0 amide bonds. The third-order valence-corrected chi connectivity index (χ3v) is 9.82. The van der Waals surface area contributed by atoms with E-state index in [1.54, 1.807) is 0 Å². The van der Waals surface area contributed by atoms with E-state index in [9.17, 15) is 0 Å². The highest BCUT2D eigenvalue weighted by atomic mass is 35.5. The quantitative estimate of drug-likeness (QED) is 0.275. The van der Waals surface area contributed by atoms with Crippen LogP contribution in [0.15, 0.2) is 24.3 Å². The molecule has 0 aliphatic heterocycles. The number of halogens is 1. The molecule has 2 heteroatoms. The second-order valence-corrected chi connectivity index (χ2v) is 11.2. The Hall–Kier alpha value is -0.0600. The summed E-state index contributed by atoms with van der Waals surface area (Å²) in [7, 11) is -0.866. The molecular weight excluding hydrogens is 307 g/mol.